The highest BCUT2D eigenvalue weighted by molar-refractivity contribution is 5.75. The molecular formula is C13H22O3. The molecule has 0 aromatic rings. The fraction of sp³-hybridized carbons (Fsp3) is 0.769. The molecule has 0 amide bonds. The lowest BCUT2D eigenvalue weighted by Crippen LogP contribution is -2.39. The van der Waals surface area contributed by atoms with Crippen molar-refractivity contribution < 1.29 is 14.6 Å². The Morgan fingerprint density at radius 2 is 2.38 bits per heavy atom. The van der Waals surface area contributed by atoms with Crippen LogP contribution in [0.5, 0.6) is 0 Å². The van der Waals surface area contributed by atoms with Gasteiger partial charge in [0.05, 0.1) is 5.41 Å². The van der Waals surface area contributed by atoms with E-state index >= 15 is 0 Å². The van der Waals surface area contributed by atoms with Crippen LogP contribution in [-0.4, -0.2) is 24.8 Å². The molecular weight excluding hydrogens is 204 g/mol. The van der Waals surface area contributed by atoms with E-state index in [1.54, 1.807) is 7.11 Å². The molecule has 1 aliphatic carbocycles. The summed E-state index contributed by atoms with van der Waals surface area (Å²) in [5, 5.41) is 9.51. The van der Waals surface area contributed by atoms with Gasteiger partial charge in [-0.2, -0.15) is 0 Å². The summed E-state index contributed by atoms with van der Waals surface area (Å²) in [7, 11) is 1.62. The molecule has 3 nitrogen and oxygen atoms in total. The Morgan fingerprint density at radius 3 is 2.81 bits per heavy atom. The molecule has 0 aromatic carbocycles. The van der Waals surface area contributed by atoms with Crippen LogP contribution in [0.2, 0.25) is 0 Å². The molecule has 1 aliphatic rings. The Balaban J connectivity index is 2.86. The molecule has 3 heteroatoms. The maximum Gasteiger partial charge on any atom is 0.310 e. The zero-order chi connectivity index (χ0) is 12.0. The van der Waals surface area contributed by atoms with E-state index in [0.29, 0.717) is 19.4 Å². The predicted octanol–water partition coefficient (Wildman–Crippen LogP) is 2.86. The molecule has 0 radical (unpaired) electrons. The van der Waals surface area contributed by atoms with Gasteiger partial charge in [-0.3, -0.25) is 4.79 Å². The average molecular weight is 226 g/mol. The smallest absolute Gasteiger partial charge is 0.310 e. The molecule has 1 N–H and O–H groups in total. The molecule has 1 rings (SSSR count). The van der Waals surface area contributed by atoms with Crippen molar-refractivity contribution in [2.75, 3.05) is 13.7 Å². The molecule has 0 aromatic heterocycles. The lowest BCUT2D eigenvalue weighted by Gasteiger charge is -2.36. The van der Waals surface area contributed by atoms with Crippen molar-refractivity contribution >= 4 is 5.97 Å². The number of methoxy groups -OCH3 is 1. The van der Waals surface area contributed by atoms with E-state index in [1.165, 1.54) is 0 Å². The van der Waals surface area contributed by atoms with E-state index in [0.717, 1.165) is 19.3 Å². The highest BCUT2D eigenvalue weighted by atomic mass is 16.5. The second-order valence-electron chi connectivity index (χ2n) is 4.52. The quantitative estimate of drug-likeness (QED) is 0.708. The minimum Gasteiger partial charge on any atom is -0.481 e. The van der Waals surface area contributed by atoms with Crippen LogP contribution in [0.3, 0.4) is 0 Å². The van der Waals surface area contributed by atoms with Crippen molar-refractivity contribution in [2.45, 2.75) is 39.0 Å². The second kappa shape index (κ2) is 6.04. The monoisotopic (exact) mass is 226 g/mol. The summed E-state index contributed by atoms with van der Waals surface area (Å²) in [6.45, 7) is 2.48. The third kappa shape index (κ3) is 2.64. The third-order valence-corrected chi connectivity index (χ3v) is 3.77. The first-order valence-electron chi connectivity index (χ1n) is 6.06. The van der Waals surface area contributed by atoms with Gasteiger partial charge in [0.15, 0.2) is 0 Å². The molecule has 0 heterocycles. The molecule has 2 atom stereocenters. The summed E-state index contributed by atoms with van der Waals surface area (Å²) < 4.78 is 5.05. The summed E-state index contributed by atoms with van der Waals surface area (Å²) in [6, 6.07) is 0. The van der Waals surface area contributed by atoms with Gasteiger partial charge in [0, 0.05) is 13.7 Å². The SMILES string of the molecule is CCC(CCOC)(C(=O)O)C1C=CCCC1. The summed E-state index contributed by atoms with van der Waals surface area (Å²) >= 11 is 0. The van der Waals surface area contributed by atoms with Gasteiger partial charge in [-0.1, -0.05) is 19.1 Å². The zero-order valence-corrected chi connectivity index (χ0v) is 10.2. The molecule has 2 unspecified atom stereocenters. The predicted molar refractivity (Wildman–Crippen MR) is 63.3 cm³/mol. The third-order valence-electron chi connectivity index (χ3n) is 3.77. The molecule has 0 spiro atoms. The molecule has 16 heavy (non-hydrogen) atoms. The Hall–Kier alpha value is -0.830. The largest absolute Gasteiger partial charge is 0.481 e. The van der Waals surface area contributed by atoms with Crippen LogP contribution in [0, 0.1) is 11.3 Å². The highest BCUT2D eigenvalue weighted by Crippen LogP contribution is 2.41. The Kier molecular flexibility index (Phi) is 5.00. The van der Waals surface area contributed by atoms with E-state index in [9.17, 15) is 9.90 Å². The summed E-state index contributed by atoms with van der Waals surface area (Å²) in [6.07, 6.45) is 8.65. The van der Waals surface area contributed by atoms with E-state index in [4.69, 9.17) is 4.74 Å². The lowest BCUT2D eigenvalue weighted by molar-refractivity contribution is -0.153. The van der Waals surface area contributed by atoms with Gasteiger partial charge >= 0.3 is 5.97 Å². The van der Waals surface area contributed by atoms with Crippen molar-refractivity contribution in [2.24, 2.45) is 11.3 Å². The first-order valence-corrected chi connectivity index (χ1v) is 6.06. The van der Waals surface area contributed by atoms with Gasteiger partial charge in [-0.25, -0.2) is 0 Å². The van der Waals surface area contributed by atoms with E-state index in [1.807, 2.05) is 6.92 Å². The highest BCUT2D eigenvalue weighted by Gasteiger charge is 2.42. The lowest BCUT2D eigenvalue weighted by atomic mass is 9.67. The van der Waals surface area contributed by atoms with Gasteiger partial charge in [0.2, 0.25) is 0 Å². The van der Waals surface area contributed by atoms with Crippen LogP contribution in [0.4, 0.5) is 0 Å². The Labute approximate surface area is 97.5 Å². The molecule has 0 fully saturated rings. The Morgan fingerprint density at radius 1 is 1.62 bits per heavy atom. The van der Waals surface area contributed by atoms with Crippen molar-refractivity contribution in [1.82, 2.24) is 0 Å². The number of carboxylic acid groups (broad SMARTS) is 1. The van der Waals surface area contributed by atoms with Gasteiger partial charge < -0.3 is 9.84 Å². The molecule has 0 saturated heterocycles. The first-order chi connectivity index (χ1) is 7.67. The minimum absolute atomic E-state index is 0.166. The van der Waals surface area contributed by atoms with Gasteiger partial charge in [0.25, 0.3) is 0 Å². The number of ether oxygens (including phenoxy) is 1. The zero-order valence-electron chi connectivity index (χ0n) is 10.2. The number of allylic oxidation sites excluding steroid dienone is 2. The number of carboxylic acids is 1. The van der Waals surface area contributed by atoms with Crippen LogP contribution >= 0.6 is 0 Å². The van der Waals surface area contributed by atoms with E-state index in [2.05, 4.69) is 12.2 Å². The van der Waals surface area contributed by atoms with Crippen LogP contribution in [-0.2, 0) is 9.53 Å². The first kappa shape index (κ1) is 13.2. The average Bonchev–Trinajstić information content (AvgIpc) is 2.31. The molecule has 0 aliphatic heterocycles. The number of rotatable bonds is 6. The minimum atomic E-state index is -0.677. The normalized spacial score (nSPS) is 24.0. The van der Waals surface area contributed by atoms with Crippen LogP contribution in [0.15, 0.2) is 12.2 Å². The summed E-state index contributed by atoms with van der Waals surface area (Å²) in [5.74, 6) is -0.512. The van der Waals surface area contributed by atoms with Crippen molar-refractivity contribution in [3.63, 3.8) is 0 Å². The van der Waals surface area contributed by atoms with E-state index < -0.39 is 11.4 Å². The maximum absolute atomic E-state index is 11.6. The van der Waals surface area contributed by atoms with Gasteiger partial charge in [-0.05, 0) is 38.0 Å². The standard InChI is InChI=1S/C13H22O3/c1-3-13(12(14)15,9-10-16-2)11-7-5-4-6-8-11/h5,7,11H,3-4,6,8-10H2,1-2H3,(H,14,15). The topological polar surface area (TPSA) is 46.5 Å². The fourth-order valence-electron chi connectivity index (χ4n) is 2.60. The van der Waals surface area contributed by atoms with Crippen molar-refractivity contribution in [3.8, 4) is 0 Å². The fourth-order valence-corrected chi connectivity index (χ4v) is 2.60. The van der Waals surface area contributed by atoms with Crippen LogP contribution in [0.25, 0.3) is 0 Å². The van der Waals surface area contributed by atoms with E-state index in [-0.39, 0.29) is 5.92 Å². The van der Waals surface area contributed by atoms with Gasteiger partial charge in [0.1, 0.15) is 0 Å². The number of aliphatic carboxylic acids is 1. The van der Waals surface area contributed by atoms with Crippen LogP contribution in [0.1, 0.15) is 39.0 Å². The number of hydrogen-bond acceptors (Lipinski definition) is 2. The molecule has 92 valence electrons. The van der Waals surface area contributed by atoms with Crippen molar-refractivity contribution in [1.29, 1.82) is 0 Å². The van der Waals surface area contributed by atoms with Crippen LogP contribution < -0.4 is 0 Å². The summed E-state index contributed by atoms with van der Waals surface area (Å²) in [5.41, 5.74) is -0.632. The van der Waals surface area contributed by atoms with Crippen molar-refractivity contribution in [3.05, 3.63) is 12.2 Å². The number of carbonyl (C=O) groups is 1. The molecule has 0 bridgehead atoms. The second-order valence-corrected chi connectivity index (χ2v) is 4.52. The van der Waals surface area contributed by atoms with Gasteiger partial charge in [-0.15, -0.1) is 0 Å². The maximum atomic E-state index is 11.6. The number of hydrogen-bond donors (Lipinski definition) is 1. The molecule has 0 saturated carbocycles. The Bertz CT molecular complexity index is 260. The summed E-state index contributed by atoms with van der Waals surface area (Å²) in [4.78, 5) is 11.6.